The number of hydrogen-bond donors (Lipinski definition) is 3. The first-order valence-corrected chi connectivity index (χ1v) is 6.57. The Kier molecular flexibility index (Phi) is 1.87. The van der Waals surface area contributed by atoms with Crippen LogP contribution in [0.1, 0.15) is 32.1 Å². The number of nitrogens with one attached hydrogen (secondary N) is 2. The van der Waals surface area contributed by atoms with Gasteiger partial charge in [0.2, 0.25) is 5.95 Å². The number of hydrogen-bond acceptors (Lipinski definition) is 4. The fourth-order valence-electron chi connectivity index (χ4n) is 4.64. The molecule has 1 heterocycles. The maximum absolute atomic E-state index is 10.5. The highest BCUT2D eigenvalue weighted by molar-refractivity contribution is 5.26. The van der Waals surface area contributed by atoms with E-state index in [9.17, 15) is 5.11 Å². The van der Waals surface area contributed by atoms with Crippen molar-refractivity contribution in [1.29, 1.82) is 0 Å². The van der Waals surface area contributed by atoms with Gasteiger partial charge in [-0.05, 0) is 49.9 Å². The van der Waals surface area contributed by atoms with Gasteiger partial charge in [-0.1, -0.05) is 0 Å². The number of rotatable bonds is 2. The van der Waals surface area contributed by atoms with Gasteiger partial charge < -0.3 is 10.4 Å². The second-order valence-corrected chi connectivity index (χ2v) is 6.19. The summed E-state index contributed by atoms with van der Waals surface area (Å²) < 4.78 is 0. The minimum absolute atomic E-state index is 0.353. The van der Waals surface area contributed by atoms with Crippen molar-refractivity contribution < 1.29 is 5.11 Å². The predicted octanol–water partition coefficient (Wildman–Crippen LogP) is 1.16. The van der Waals surface area contributed by atoms with Crippen molar-refractivity contribution in [2.75, 3.05) is 5.32 Å². The predicted molar refractivity (Wildman–Crippen MR) is 62.3 cm³/mol. The van der Waals surface area contributed by atoms with E-state index >= 15 is 0 Å². The summed E-state index contributed by atoms with van der Waals surface area (Å²) in [6.45, 7) is 0. The van der Waals surface area contributed by atoms with Gasteiger partial charge in [-0.3, -0.25) is 5.10 Å². The van der Waals surface area contributed by atoms with E-state index in [0.29, 0.717) is 23.8 Å². The largest absolute Gasteiger partial charge is 0.390 e. The van der Waals surface area contributed by atoms with Gasteiger partial charge in [0.25, 0.3) is 0 Å². The molecule has 0 aliphatic heterocycles. The second kappa shape index (κ2) is 3.22. The summed E-state index contributed by atoms with van der Waals surface area (Å²) in [5, 5.41) is 20.8. The normalized spacial score (nSPS) is 47.4. The molecule has 4 fully saturated rings. The first-order chi connectivity index (χ1) is 8.22. The maximum Gasteiger partial charge on any atom is 0.242 e. The van der Waals surface area contributed by atoms with Crippen LogP contribution in [0.15, 0.2) is 6.33 Å². The van der Waals surface area contributed by atoms with E-state index in [1.54, 1.807) is 6.33 Å². The number of nitrogens with zero attached hydrogens (tertiary/aromatic N) is 2. The summed E-state index contributed by atoms with van der Waals surface area (Å²) in [6, 6.07) is 0.461. The molecule has 4 aliphatic rings. The number of H-pyrrole nitrogens is 1. The molecule has 0 saturated heterocycles. The van der Waals surface area contributed by atoms with Crippen LogP contribution in [-0.2, 0) is 0 Å². The Balaban J connectivity index is 1.58. The second-order valence-electron chi connectivity index (χ2n) is 6.19. The Morgan fingerprint density at radius 1 is 1.29 bits per heavy atom. The molecule has 5 atom stereocenters. The number of aliphatic hydroxyl groups is 1. The molecule has 3 unspecified atom stereocenters. The van der Waals surface area contributed by atoms with Crippen molar-refractivity contribution in [1.82, 2.24) is 15.2 Å². The highest BCUT2D eigenvalue weighted by atomic mass is 16.3. The van der Waals surface area contributed by atoms with Gasteiger partial charge in [-0.25, -0.2) is 4.98 Å². The Morgan fingerprint density at radius 2 is 2.06 bits per heavy atom. The quantitative estimate of drug-likeness (QED) is 0.718. The molecule has 1 aromatic rings. The lowest BCUT2D eigenvalue weighted by Crippen LogP contribution is -2.59. The Morgan fingerprint density at radius 3 is 2.65 bits per heavy atom. The Bertz CT molecular complexity index is 402. The zero-order valence-corrected chi connectivity index (χ0v) is 9.76. The first-order valence-electron chi connectivity index (χ1n) is 6.57. The molecule has 5 rings (SSSR count). The van der Waals surface area contributed by atoms with Gasteiger partial charge in [-0.2, -0.15) is 0 Å². The van der Waals surface area contributed by atoms with Crippen molar-refractivity contribution in [3.63, 3.8) is 0 Å². The van der Waals surface area contributed by atoms with E-state index in [1.165, 1.54) is 12.8 Å². The van der Waals surface area contributed by atoms with Gasteiger partial charge in [0.15, 0.2) is 0 Å². The first kappa shape index (κ1) is 9.88. The van der Waals surface area contributed by atoms with Crippen LogP contribution < -0.4 is 5.32 Å². The number of anilines is 1. The molecule has 5 nitrogen and oxygen atoms in total. The molecule has 0 spiro atoms. The number of aromatic nitrogens is 3. The lowest BCUT2D eigenvalue weighted by Gasteiger charge is -2.58. The molecular weight excluding hydrogens is 216 g/mol. The number of aromatic amines is 1. The topological polar surface area (TPSA) is 73.8 Å². The van der Waals surface area contributed by atoms with E-state index < -0.39 is 0 Å². The van der Waals surface area contributed by atoms with Crippen molar-refractivity contribution in [3.05, 3.63) is 6.33 Å². The summed E-state index contributed by atoms with van der Waals surface area (Å²) in [7, 11) is 0. The minimum Gasteiger partial charge on any atom is -0.390 e. The fraction of sp³-hybridized carbons (Fsp3) is 0.833. The fourth-order valence-corrected chi connectivity index (χ4v) is 4.64. The average molecular weight is 234 g/mol. The molecule has 0 radical (unpaired) electrons. The van der Waals surface area contributed by atoms with E-state index in [-0.39, 0.29) is 5.60 Å². The van der Waals surface area contributed by atoms with E-state index in [0.717, 1.165) is 25.2 Å². The van der Waals surface area contributed by atoms with Crippen LogP contribution in [0.4, 0.5) is 5.95 Å². The molecular formula is C12H18N4O. The molecule has 0 aromatic carbocycles. The van der Waals surface area contributed by atoms with E-state index in [1.807, 2.05) is 0 Å². The monoisotopic (exact) mass is 234 g/mol. The SMILES string of the molecule is OC12CC3C[C@H](C1)C(Nc1nc[nH]n1)[C@@H](C3)C2. The summed E-state index contributed by atoms with van der Waals surface area (Å²) in [5.74, 6) is 2.66. The summed E-state index contributed by atoms with van der Waals surface area (Å²) >= 11 is 0. The lowest BCUT2D eigenvalue weighted by molar-refractivity contribution is -0.129. The van der Waals surface area contributed by atoms with Crippen LogP contribution in [0.2, 0.25) is 0 Å². The van der Waals surface area contributed by atoms with E-state index in [2.05, 4.69) is 20.5 Å². The van der Waals surface area contributed by atoms with Gasteiger partial charge in [-0.15, -0.1) is 5.10 Å². The molecule has 4 aliphatic carbocycles. The third-order valence-electron chi connectivity index (χ3n) is 4.95. The summed E-state index contributed by atoms with van der Waals surface area (Å²) in [5.41, 5.74) is -0.353. The smallest absolute Gasteiger partial charge is 0.242 e. The van der Waals surface area contributed by atoms with Crippen LogP contribution in [0, 0.1) is 17.8 Å². The summed E-state index contributed by atoms with van der Waals surface area (Å²) in [4.78, 5) is 4.14. The van der Waals surface area contributed by atoms with Crippen molar-refractivity contribution in [3.8, 4) is 0 Å². The zero-order valence-electron chi connectivity index (χ0n) is 9.76. The molecule has 4 saturated carbocycles. The average Bonchev–Trinajstić information content (AvgIpc) is 2.73. The highest BCUT2D eigenvalue weighted by Crippen LogP contribution is 2.56. The van der Waals surface area contributed by atoms with Crippen LogP contribution in [0.3, 0.4) is 0 Å². The van der Waals surface area contributed by atoms with Crippen LogP contribution in [-0.4, -0.2) is 31.9 Å². The van der Waals surface area contributed by atoms with Crippen LogP contribution >= 0.6 is 0 Å². The maximum atomic E-state index is 10.5. The summed E-state index contributed by atoms with van der Waals surface area (Å²) in [6.07, 6.45) is 7.09. The Hall–Kier alpha value is -1.10. The highest BCUT2D eigenvalue weighted by Gasteiger charge is 2.54. The minimum atomic E-state index is -0.353. The van der Waals surface area contributed by atoms with Crippen molar-refractivity contribution in [2.24, 2.45) is 17.8 Å². The van der Waals surface area contributed by atoms with Crippen molar-refractivity contribution in [2.45, 2.75) is 43.7 Å². The molecule has 5 heteroatoms. The van der Waals surface area contributed by atoms with Crippen LogP contribution in [0.25, 0.3) is 0 Å². The Labute approximate surface area is 100 Å². The third-order valence-corrected chi connectivity index (χ3v) is 4.95. The van der Waals surface area contributed by atoms with Gasteiger partial charge in [0.1, 0.15) is 6.33 Å². The lowest BCUT2D eigenvalue weighted by atomic mass is 9.52. The van der Waals surface area contributed by atoms with Gasteiger partial charge >= 0.3 is 0 Å². The van der Waals surface area contributed by atoms with E-state index in [4.69, 9.17) is 0 Å². The molecule has 3 N–H and O–H groups in total. The van der Waals surface area contributed by atoms with Crippen molar-refractivity contribution >= 4 is 5.95 Å². The van der Waals surface area contributed by atoms with Gasteiger partial charge in [0.05, 0.1) is 5.60 Å². The standard InChI is InChI=1S/C12H18N4O/c17-12-3-7-1-8(4-12)10(9(2-7)5-12)15-11-13-6-14-16-11/h6-10,17H,1-5H2,(H2,13,14,15,16)/t7?,8-,9+,10?,12?. The molecule has 92 valence electrons. The molecule has 0 amide bonds. The van der Waals surface area contributed by atoms with Crippen LogP contribution in [0.5, 0.6) is 0 Å². The zero-order chi connectivity index (χ0) is 11.5. The molecule has 17 heavy (non-hydrogen) atoms. The molecule has 1 aromatic heterocycles. The molecule has 4 bridgehead atoms. The third kappa shape index (κ3) is 1.48. The van der Waals surface area contributed by atoms with Gasteiger partial charge in [0, 0.05) is 6.04 Å².